The van der Waals surface area contributed by atoms with E-state index in [1.807, 2.05) is 7.05 Å². The third-order valence-electron chi connectivity index (χ3n) is 4.22. The fraction of sp³-hybridized carbons (Fsp3) is 0.588. The van der Waals surface area contributed by atoms with Gasteiger partial charge in [0.25, 0.3) is 0 Å². The number of hydrogen-bond donors (Lipinski definition) is 1. The summed E-state index contributed by atoms with van der Waals surface area (Å²) < 4.78 is 0. The number of carbonyl (C=O) groups is 1. The van der Waals surface area contributed by atoms with Crippen LogP contribution in [-0.4, -0.2) is 23.9 Å². The van der Waals surface area contributed by atoms with Gasteiger partial charge in [-0.25, -0.2) is 0 Å². The second-order valence-corrected chi connectivity index (χ2v) is 6.82. The Kier molecular flexibility index (Phi) is 4.36. The SMILES string of the molecule is CC(=O)N(C)Cc1cccc(NC2CCC(C)(C)C2)c1. The van der Waals surface area contributed by atoms with E-state index in [0.717, 1.165) is 0 Å². The molecule has 1 aliphatic carbocycles. The molecule has 0 radical (unpaired) electrons. The molecule has 0 spiro atoms. The lowest BCUT2D eigenvalue weighted by molar-refractivity contribution is -0.128. The number of carbonyl (C=O) groups excluding carboxylic acids is 1. The van der Waals surface area contributed by atoms with Gasteiger partial charge in [0.05, 0.1) is 0 Å². The van der Waals surface area contributed by atoms with Crippen LogP contribution in [0.3, 0.4) is 0 Å². The highest BCUT2D eigenvalue weighted by Gasteiger charge is 2.30. The molecule has 1 aromatic carbocycles. The summed E-state index contributed by atoms with van der Waals surface area (Å²) in [6, 6.07) is 8.98. The molecule has 3 heteroatoms. The van der Waals surface area contributed by atoms with E-state index in [1.54, 1.807) is 11.8 Å². The lowest BCUT2D eigenvalue weighted by Gasteiger charge is -2.20. The lowest BCUT2D eigenvalue weighted by Crippen LogP contribution is -2.23. The molecule has 1 fully saturated rings. The molecule has 1 amide bonds. The van der Waals surface area contributed by atoms with Crippen molar-refractivity contribution in [2.75, 3.05) is 12.4 Å². The average molecular weight is 274 g/mol. The number of anilines is 1. The van der Waals surface area contributed by atoms with Gasteiger partial charge in [0.1, 0.15) is 0 Å². The van der Waals surface area contributed by atoms with Crippen molar-refractivity contribution in [1.82, 2.24) is 4.90 Å². The maximum absolute atomic E-state index is 11.3. The molecule has 1 saturated carbocycles. The van der Waals surface area contributed by atoms with Gasteiger partial charge in [-0.1, -0.05) is 26.0 Å². The van der Waals surface area contributed by atoms with E-state index in [0.29, 0.717) is 18.0 Å². The molecule has 1 atom stereocenters. The topological polar surface area (TPSA) is 32.3 Å². The zero-order valence-corrected chi connectivity index (χ0v) is 13.1. The molecule has 20 heavy (non-hydrogen) atoms. The Morgan fingerprint density at radius 2 is 2.20 bits per heavy atom. The Morgan fingerprint density at radius 1 is 1.45 bits per heavy atom. The summed E-state index contributed by atoms with van der Waals surface area (Å²) in [6.45, 7) is 6.95. The van der Waals surface area contributed by atoms with Crippen molar-refractivity contribution in [2.45, 2.75) is 52.6 Å². The van der Waals surface area contributed by atoms with Crippen molar-refractivity contribution < 1.29 is 4.79 Å². The summed E-state index contributed by atoms with van der Waals surface area (Å²) in [6.07, 6.45) is 3.76. The molecule has 0 bridgehead atoms. The molecule has 1 unspecified atom stereocenters. The highest BCUT2D eigenvalue weighted by molar-refractivity contribution is 5.72. The first-order valence-electron chi connectivity index (χ1n) is 7.43. The smallest absolute Gasteiger partial charge is 0.219 e. The lowest BCUT2D eigenvalue weighted by atomic mass is 9.92. The molecule has 1 N–H and O–H groups in total. The van der Waals surface area contributed by atoms with Crippen molar-refractivity contribution >= 4 is 11.6 Å². The van der Waals surface area contributed by atoms with E-state index in [9.17, 15) is 4.79 Å². The van der Waals surface area contributed by atoms with Gasteiger partial charge in [-0.2, -0.15) is 0 Å². The van der Waals surface area contributed by atoms with Crippen LogP contribution in [0.25, 0.3) is 0 Å². The van der Waals surface area contributed by atoms with E-state index in [1.165, 1.54) is 30.5 Å². The first-order valence-corrected chi connectivity index (χ1v) is 7.43. The number of amides is 1. The van der Waals surface area contributed by atoms with Gasteiger partial charge in [-0.3, -0.25) is 4.79 Å². The molecule has 110 valence electrons. The highest BCUT2D eigenvalue weighted by atomic mass is 16.2. The van der Waals surface area contributed by atoms with Crippen LogP contribution in [0.4, 0.5) is 5.69 Å². The molecule has 1 aromatic rings. The fourth-order valence-corrected chi connectivity index (χ4v) is 2.94. The quantitative estimate of drug-likeness (QED) is 0.909. The van der Waals surface area contributed by atoms with Crippen molar-refractivity contribution in [3.8, 4) is 0 Å². The summed E-state index contributed by atoms with van der Waals surface area (Å²) in [5.74, 6) is 0.0981. The molecular formula is C17H26N2O. The summed E-state index contributed by atoms with van der Waals surface area (Å²) in [4.78, 5) is 13.0. The predicted octanol–water partition coefficient (Wildman–Crippen LogP) is 3.66. The van der Waals surface area contributed by atoms with E-state index in [2.05, 4.69) is 43.4 Å². The van der Waals surface area contributed by atoms with Crippen LogP contribution in [0.2, 0.25) is 0 Å². The monoisotopic (exact) mass is 274 g/mol. The molecule has 0 aromatic heterocycles. The number of nitrogens with one attached hydrogen (secondary N) is 1. The molecule has 0 saturated heterocycles. The van der Waals surface area contributed by atoms with Crippen molar-refractivity contribution in [3.63, 3.8) is 0 Å². The van der Waals surface area contributed by atoms with E-state index in [4.69, 9.17) is 0 Å². The molecule has 1 aliphatic rings. The zero-order chi connectivity index (χ0) is 14.8. The Labute approximate surface area is 122 Å². The highest BCUT2D eigenvalue weighted by Crippen LogP contribution is 2.38. The van der Waals surface area contributed by atoms with Gasteiger partial charge in [-0.05, 0) is 42.4 Å². The minimum absolute atomic E-state index is 0.0981. The number of nitrogens with zero attached hydrogens (tertiary/aromatic N) is 1. The standard InChI is InChI=1S/C17H26N2O/c1-13(20)19(4)12-14-6-5-7-15(10-14)18-16-8-9-17(2,3)11-16/h5-7,10,16,18H,8-9,11-12H2,1-4H3. The number of hydrogen-bond acceptors (Lipinski definition) is 2. The summed E-state index contributed by atoms with van der Waals surface area (Å²) >= 11 is 0. The Balaban J connectivity index is 1.98. The average Bonchev–Trinajstić information content (AvgIpc) is 2.69. The van der Waals surface area contributed by atoms with Crippen molar-refractivity contribution in [3.05, 3.63) is 29.8 Å². The Hall–Kier alpha value is -1.51. The Morgan fingerprint density at radius 3 is 2.80 bits per heavy atom. The molecule has 2 rings (SSSR count). The third-order valence-corrected chi connectivity index (χ3v) is 4.22. The predicted molar refractivity (Wildman–Crippen MR) is 83.6 cm³/mol. The van der Waals surface area contributed by atoms with Gasteiger partial charge >= 0.3 is 0 Å². The normalized spacial score (nSPS) is 20.7. The molecule has 0 aliphatic heterocycles. The van der Waals surface area contributed by atoms with Crippen LogP contribution < -0.4 is 5.32 Å². The molecular weight excluding hydrogens is 248 g/mol. The molecule has 3 nitrogen and oxygen atoms in total. The largest absolute Gasteiger partial charge is 0.382 e. The van der Waals surface area contributed by atoms with Crippen molar-refractivity contribution in [1.29, 1.82) is 0 Å². The second-order valence-electron chi connectivity index (χ2n) is 6.82. The first-order chi connectivity index (χ1) is 9.35. The third kappa shape index (κ3) is 3.99. The van der Waals surface area contributed by atoms with Gasteiger partial charge < -0.3 is 10.2 Å². The van der Waals surface area contributed by atoms with Crippen LogP contribution in [-0.2, 0) is 11.3 Å². The van der Waals surface area contributed by atoms with Gasteiger partial charge in [0.15, 0.2) is 0 Å². The fourth-order valence-electron chi connectivity index (χ4n) is 2.94. The number of rotatable bonds is 4. The van der Waals surface area contributed by atoms with Crippen LogP contribution in [0.5, 0.6) is 0 Å². The van der Waals surface area contributed by atoms with E-state index < -0.39 is 0 Å². The van der Waals surface area contributed by atoms with Crippen LogP contribution >= 0.6 is 0 Å². The maximum Gasteiger partial charge on any atom is 0.219 e. The summed E-state index contributed by atoms with van der Waals surface area (Å²) in [5.41, 5.74) is 2.80. The minimum atomic E-state index is 0.0981. The van der Waals surface area contributed by atoms with Crippen molar-refractivity contribution in [2.24, 2.45) is 5.41 Å². The van der Waals surface area contributed by atoms with Crippen LogP contribution in [0.15, 0.2) is 24.3 Å². The zero-order valence-electron chi connectivity index (χ0n) is 13.1. The summed E-state index contributed by atoms with van der Waals surface area (Å²) in [5, 5.41) is 3.64. The maximum atomic E-state index is 11.3. The van der Waals surface area contributed by atoms with Gasteiger partial charge in [0.2, 0.25) is 5.91 Å². The van der Waals surface area contributed by atoms with E-state index in [-0.39, 0.29) is 5.91 Å². The first kappa shape index (κ1) is 14.9. The van der Waals surface area contributed by atoms with Crippen LogP contribution in [0.1, 0.15) is 45.6 Å². The second kappa shape index (κ2) is 5.86. The number of benzene rings is 1. The Bertz CT molecular complexity index is 482. The van der Waals surface area contributed by atoms with Gasteiger partial charge in [0, 0.05) is 32.2 Å². The van der Waals surface area contributed by atoms with Crippen LogP contribution in [0, 0.1) is 5.41 Å². The summed E-state index contributed by atoms with van der Waals surface area (Å²) in [7, 11) is 1.84. The molecule has 0 heterocycles. The van der Waals surface area contributed by atoms with E-state index >= 15 is 0 Å². The van der Waals surface area contributed by atoms with Gasteiger partial charge in [-0.15, -0.1) is 0 Å². The minimum Gasteiger partial charge on any atom is -0.382 e.